The minimum absolute atomic E-state index is 0.191. The van der Waals surface area contributed by atoms with Crippen LogP contribution in [0.2, 0.25) is 0 Å². The normalized spacial score (nSPS) is 19.5. The molecule has 1 N–H and O–H groups in total. The maximum Gasteiger partial charge on any atom is 0.289 e. The summed E-state index contributed by atoms with van der Waals surface area (Å²) in [5, 5.41) is 8.93. The summed E-state index contributed by atoms with van der Waals surface area (Å²) in [6.07, 6.45) is 2.92. The van der Waals surface area contributed by atoms with E-state index in [4.69, 9.17) is 0 Å². The number of carbonyl (C=O) groups excluding carboxylic acids is 2. The summed E-state index contributed by atoms with van der Waals surface area (Å²) in [5.74, 6) is 0.429. The van der Waals surface area contributed by atoms with Crippen LogP contribution in [0.3, 0.4) is 0 Å². The number of Topliss-reactive ketones (excluding diaryl/α,β-unsaturated/α-hetero) is 1. The van der Waals surface area contributed by atoms with Crippen molar-refractivity contribution in [1.29, 1.82) is 0 Å². The molecular weight excluding hydrogens is 336 g/mol. The van der Waals surface area contributed by atoms with Crippen LogP contribution in [0.15, 0.2) is 48.7 Å². The molecule has 0 bridgehead atoms. The van der Waals surface area contributed by atoms with E-state index in [-0.39, 0.29) is 11.7 Å². The lowest BCUT2D eigenvalue weighted by Crippen LogP contribution is -2.52. The Kier molecular flexibility index (Phi) is 5.20. The number of amides is 1. The fourth-order valence-corrected chi connectivity index (χ4v) is 4.97. The first-order chi connectivity index (χ1) is 12.0. The van der Waals surface area contributed by atoms with Crippen LogP contribution in [0.4, 0.5) is 5.82 Å². The van der Waals surface area contributed by atoms with Crippen LogP contribution in [-0.2, 0) is 22.2 Å². The van der Waals surface area contributed by atoms with Gasteiger partial charge in [-0.25, -0.2) is 4.98 Å². The van der Waals surface area contributed by atoms with Gasteiger partial charge in [-0.15, -0.1) is 0 Å². The number of anilines is 1. The highest BCUT2D eigenvalue weighted by Crippen LogP contribution is 2.30. The number of aromatic nitrogens is 1. The molecule has 0 saturated heterocycles. The molecule has 1 aliphatic rings. The maximum atomic E-state index is 13.1. The number of aliphatic hydroxyl groups is 1. The molecule has 0 spiro atoms. The third-order valence-corrected chi connectivity index (χ3v) is 6.35. The molecule has 130 valence electrons. The predicted octanol–water partition coefficient (Wildman–Crippen LogP) is 1.81. The van der Waals surface area contributed by atoms with Gasteiger partial charge in [0.1, 0.15) is 11.6 Å². The lowest BCUT2D eigenvalue weighted by Gasteiger charge is -2.31. The minimum atomic E-state index is -0.755. The van der Waals surface area contributed by atoms with Gasteiger partial charge in [-0.2, -0.15) is 0 Å². The van der Waals surface area contributed by atoms with Gasteiger partial charge in [-0.1, -0.05) is 30.3 Å². The third kappa shape index (κ3) is 3.60. The third-order valence-electron chi connectivity index (χ3n) is 4.13. The fourth-order valence-electron chi connectivity index (χ4n) is 3.05. The van der Waals surface area contributed by atoms with Crippen LogP contribution in [0.5, 0.6) is 0 Å². The smallest absolute Gasteiger partial charge is 0.289 e. The highest BCUT2D eigenvalue weighted by molar-refractivity contribution is 7.98. The van der Waals surface area contributed by atoms with E-state index >= 15 is 0 Å². The second kappa shape index (κ2) is 7.37. The Hall–Kier alpha value is -2.18. The Morgan fingerprint density at radius 1 is 1.20 bits per heavy atom. The molecule has 25 heavy (non-hydrogen) atoms. The zero-order chi connectivity index (χ0) is 18.0. The highest BCUT2D eigenvalue weighted by Gasteiger charge is 2.49. The van der Waals surface area contributed by atoms with Crippen molar-refractivity contribution in [3.63, 3.8) is 0 Å². The van der Waals surface area contributed by atoms with Gasteiger partial charge in [0, 0.05) is 17.1 Å². The van der Waals surface area contributed by atoms with E-state index in [0.717, 1.165) is 5.56 Å². The largest absolute Gasteiger partial charge is 0.389 e. The van der Waals surface area contributed by atoms with E-state index in [1.165, 1.54) is 0 Å². The first-order valence-corrected chi connectivity index (χ1v) is 9.99. The molecule has 1 aromatic heterocycles. The zero-order valence-electron chi connectivity index (χ0n) is 14.3. The Labute approximate surface area is 150 Å². The molecule has 0 radical (unpaired) electrons. The van der Waals surface area contributed by atoms with Gasteiger partial charge in [0.2, 0.25) is 5.78 Å². The quantitative estimate of drug-likeness (QED) is 0.654. The van der Waals surface area contributed by atoms with Crippen molar-refractivity contribution < 1.29 is 14.7 Å². The molecule has 3 unspecified atom stereocenters. The highest BCUT2D eigenvalue weighted by atomic mass is 32.2. The molecule has 2 heterocycles. The summed E-state index contributed by atoms with van der Waals surface area (Å²) in [6.45, 7) is 2.05. The van der Waals surface area contributed by atoms with E-state index in [2.05, 4.69) is 4.98 Å². The number of hydrogen-bond acceptors (Lipinski definition) is 4. The van der Waals surface area contributed by atoms with Crippen LogP contribution in [0.25, 0.3) is 0 Å². The number of benzene rings is 1. The molecule has 1 aliphatic heterocycles. The predicted molar refractivity (Wildman–Crippen MR) is 99.8 cm³/mol. The zero-order valence-corrected chi connectivity index (χ0v) is 15.1. The molecule has 3 rings (SSSR count). The standard InChI is InChI=1S/C19H21N2O3S/c1-13(22)12-25(2)17-16(23)15-9-6-10-20-18(15)21(19(17)24)11-14-7-4-3-5-8-14/h3-10,13,17,22H,11-12H2,1-2H3/q+1. The number of rotatable bonds is 5. The summed E-state index contributed by atoms with van der Waals surface area (Å²) >= 11 is 0. The van der Waals surface area contributed by atoms with Gasteiger partial charge in [-0.05, 0) is 24.6 Å². The summed E-state index contributed by atoms with van der Waals surface area (Å²) in [7, 11) is -0.551. The van der Waals surface area contributed by atoms with Crippen LogP contribution in [-0.4, -0.2) is 45.1 Å². The summed E-state index contributed by atoms with van der Waals surface area (Å²) < 4.78 is 0. The van der Waals surface area contributed by atoms with Crippen LogP contribution in [0.1, 0.15) is 22.8 Å². The first kappa shape index (κ1) is 17.6. The number of aliphatic hydroxyl groups excluding tert-OH is 1. The van der Waals surface area contributed by atoms with Gasteiger partial charge in [0.15, 0.2) is 0 Å². The number of fused-ring (bicyclic) bond motifs is 1. The van der Waals surface area contributed by atoms with E-state index in [1.807, 2.05) is 36.6 Å². The van der Waals surface area contributed by atoms with Crippen molar-refractivity contribution in [2.24, 2.45) is 0 Å². The SMILES string of the molecule is CC(O)C[S+](C)C1C(=O)c2cccnc2N(Cc2ccccc2)C1=O. The molecule has 2 aromatic rings. The molecule has 0 saturated carbocycles. The lowest BCUT2D eigenvalue weighted by atomic mass is 10.0. The number of carbonyl (C=O) groups is 2. The van der Waals surface area contributed by atoms with Crippen molar-refractivity contribution in [2.75, 3.05) is 16.9 Å². The number of ketones is 1. The van der Waals surface area contributed by atoms with Gasteiger partial charge in [0.25, 0.3) is 11.2 Å². The molecule has 5 nitrogen and oxygen atoms in total. The van der Waals surface area contributed by atoms with E-state index < -0.39 is 22.2 Å². The molecule has 1 amide bonds. The number of hydrogen-bond donors (Lipinski definition) is 1. The van der Waals surface area contributed by atoms with Crippen molar-refractivity contribution in [2.45, 2.75) is 24.8 Å². The van der Waals surface area contributed by atoms with Crippen LogP contribution in [0, 0.1) is 0 Å². The van der Waals surface area contributed by atoms with Crippen molar-refractivity contribution >= 4 is 28.4 Å². The molecule has 1 aromatic carbocycles. The van der Waals surface area contributed by atoms with Crippen molar-refractivity contribution in [3.8, 4) is 0 Å². The molecule has 6 heteroatoms. The minimum Gasteiger partial charge on any atom is -0.389 e. The molecule has 0 fully saturated rings. The Bertz CT molecular complexity index is 779. The van der Waals surface area contributed by atoms with Crippen LogP contribution >= 0.6 is 0 Å². The summed E-state index contributed by atoms with van der Waals surface area (Å²) in [4.78, 5) is 31.9. The Balaban J connectivity index is 2.00. The average Bonchev–Trinajstić information content (AvgIpc) is 2.59. The topological polar surface area (TPSA) is 70.5 Å². The molecule has 0 aliphatic carbocycles. The van der Waals surface area contributed by atoms with Crippen molar-refractivity contribution in [1.82, 2.24) is 4.98 Å². The van der Waals surface area contributed by atoms with E-state index in [1.54, 1.807) is 30.2 Å². The Morgan fingerprint density at radius 2 is 1.92 bits per heavy atom. The van der Waals surface area contributed by atoms with Gasteiger partial charge < -0.3 is 5.11 Å². The average molecular weight is 357 g/mol. The summed E-state index contributed by atoms with van der Waals surface area (Å²) in [5.41, 5.74) is 1.46. The molecular formula is C19H21N2O3S+. The van der Waals surface area contributed by atoms with Crippen LogP contribution < -0.4 is 4.90 Å². The molecule has 3 atom stereocenters. The van der Waals surface area contributed by atoms with E-state index in [0.29, 0.717) is 23.7 Å². The summed E-state index contributed by atoms with van der Waals surface area (Å²) in [6, 6.07) is 13.1. The first-order valence-electron chi connectivity index (χ1n) is 8.13. The lowest BCUT2D eigenvalue weighted by molar-refractivity contribution is -0.117. The van der Waals surface area contributed by atoms with Gasteiger partial charge >= 0.3 is 0 Å². The van der Waals surface area contributed by atoms with Gasteiger partial charge in [0.05, 0.1) is 24.5 Å². The maximum absolute atomic E-state index is 13.1. The monoisotopic (exact) mass is 357 g/mol. The Morgan fingerprint density at radius 3 is 2.60 bits per heavy atom. The fraction of sp³-hybridized carbons (Fsp3) is 0.316. The van der Waals surface area contributed by atoms with E-state index in [9.17, 15) is 14.7 Å². The van der Waals surface area contributed by atoms with Gasteiger partial charge in [-0.3, -0.25) is 14.5 Å². The number of nitrogens with zero attached hydrogens (tertiary/aromatic N) is 2. The second-order valence-corrected chi connectivity index (χ2v) is 8.42. The number of pyridine rings is 1. The van der Waals surface area contributed by atoms with Crippen molar-refractivity contribution in [3.05, 3.63) is 59.8 Å². The second-order valence-electron chi connectivity index (χ2n) is 6.24.